The molecule has 0 aromatic heterocycles. The van der Waals surface area contributed by atoms with Gasteiger partial charge < -0.3 is 5.32 Å². The van der Waals surface area contributed by atoms with E-state index in [1.54, 1.807) is 0 Å². The summed E-state index contributed by atoms with van der Waals surface area (Å²) >= 11 is 0. The smallest absolute Gasteiger partial charge is 0.0234 e. The van der Waals surface area contributed by atoms with Crippen LogP contribution in [-0.2, 0) is 6.54 Å². The Morgan fingerprint density at radius 3 is 2.62 bits per heavy atom. The van der Waals surface area contributed by atoms with E-state index in [1.165, 1.54) is 37.9 Å². The van der Waals surface area contributed by atoms with Crippen LogP contribution in [0.5, 0.6) is 0 Å². The first-order chi connectivity index (χ1) is 7.90. The van der Waals surface area contributed by atoms with Gasteiger partial charge in [-0.05, 0) is 24.8 Å². The van der Waals surface area contributed by atoms with Crippen molar-refractivity contribution in [2.45, 2.75) is 37.9 Å². The fourth-order valence-corrected chi connectivity index (χ4v) is 2.54. The average molecular weight is 216 g/mol. The lowest BCUT2D eigenvalue weighted by molar-refractivity contribution is 0.320. The van der Waals surface area contributed by atoms with Crippen LogP contribution in [0.15, 0.2) is 30.3 Å². The summed E-state index contributed by atoms with van der Waals surface area (Å²) in [5.41, 5.74) is 1.44. The predicted octanol–water partition coefficient (Wildman–Crippen LogP) is 2.01. The van der Waals surface area contributed by atoms with Gasteiger partial charge in [0.05, 0.1) is 0 Å². The molecule has 1 saturated carbocycles. The van der Waals surface area contributed by atoms with Gasteiger partial charge in [0.2, 0.25) is 0 Å². The summed E-state index contributed by atoms with van der Waals surface area (Å²) in [7, 11) is 0. The molecule has 0 spiro atoms. The van der Waals surface area contributed by atoms with Gasteiger partial charge in [-0.25, -0.2) is 0 Å². The molecule has 3 rings (SSSR count). The molecule has 0 unspecified atom stereocenters. The lowest BCUT2D eigenvalue weighted by Gasteiger charge is -2.16. The molecule has 1 atom stereocenters. The van der Waals surface area contributed by atoms with Crippen molar-refractivity contribution in [3.8, 4) is 0 Å². The van der Waals surface area contributed by atoms with Gasteiger partial charge in [0, 0.05) is 31.7 Å². The van der Waals surface area contributed by atoms with Crippen LogP contribution in [0.2, 0.25) is 0 Å². The Labute approximate surface area is 97.6 Å². The molecule has 1 aromatic rings. The molecule has 86 valence electrons. The molecule has 2 heteroatoms. The molecular formula is C14H20N2. The first-order valence-electron chi connectivity index (χ1n) is 6.42. The summed E-state index contributed by atoms with van der Waals surface area (Å²) in [5, 5.41) is 3.73. The third kappa shape index (κ3) is 2.63. The number of hydrogen-bond donors (Lipinski definition) is 1. The van der Waals surface area contributed by atoms with Crippen molar-refractivity contribution in [3.63, 3.8) is 0 Å². The molecule has 2 aliphatic rings. The van der Waals surface area contributed by atoms with E-state index >= 15 is 0 Å². The van der Waals surface area contributed by atoms with Gasteiger partial charge in [0.15, 0.2) is 0 Å². The van der Waals surface area contributed by atoms with Crippen LogP contribution in [0, 0.1) is 0 Å². The molecule has 1 N–H and O–H groups in total. The Kier molecular flexibility index (Phi) is 2.94. The van der Waals surface area contributed by atoms with E-state index in [4.69, 9.17) is 0 Å². The third-order valence-electron chi connectivity index (χ3n) is 3.57. The van der Waals surface area contributed by atoms with Crippen molar-refractivity contribution in [1.82, 2.24) is 10.2 Å². The Balaban J connectivity index is 1.49. The number of nitrogens with one attached hydrogen (secondary N) is 1. The highest BCUT2D eigenvalue weighted by atomic mass is 15.2. The summed E-state index contributed by atoms with van der Waals surface area (Å²) in [6, 6.07) is 12.4. The van der Waals surface area contributed by atoms with Crippen LogP contribution >= 0.6 is 0 Å². The van der Waals surface area contributed by atoms with Gasteiger partial charge >= 0.3 is 0 Å². The second-order valence-electron chi connectivity index (χ2n) is 5.15. The monoisotopic (exact) mass is 216 g/mol. The maximum atomic E-state index is 3.73. The predicted molar refractivity (Wildman–Crippen MR) is 66.3 cm³/mol. The van der Waals surface area contributed by atoms with E-state index in [2.05, 4.69) is 40.5 Å². The van der Waals surface area contributed by atoms with Gasteiger partial charge in [0.1, 0.15) is 0 Å². The van der Waals surface area contributed by atoms with Crippen LogP contribution < -0.4 is 5.32 Å². The van der Waals surface area contributed by atoms with Crippen molar-refractivity contribution in [1.29, 1.82) is 0 Å². The summed E-state index contributed by atoms with van der Waals surface area (Å²) in [5.74, 6) is 0. The van der Waals surface area contributed by atoms with Gasteiger partial charge in [-0.15, -0.1) is 0 Å². The Morgan fingerprint density at radius 1 is 1.06 bits per heavy atom. The Morgan fingerprint density at radius 2 is 1.88 bits per heavy atom. The minimum atomic E-state index is 0.746. The standard InChI is InChI=1S/C14H20N2/c1-2-4-12(5-3-1)10-16-9-8-14(11-16)15-13-6-7-13/h1-5,13-15H,6-11H2/t14-/m0/s1. The van der Waals surface area contributed by atoms with E-state index in [0.29, 0.717) is 0 Å². The lowest BCUT2D eigenvalue weighted by atomic mass is 10.2. The number of benzene rings is 1. The van der Waals surface area contributed by atoms with E-state index in [0.717, 1.165) is 18.6 Å². The van der Waals surface area contributed by atoms with Crippen LogP contribution in [-0.4, -0.2) is 30.1 Å². The summed E-state index contributed by atoms with van der Waals surface area (Å²) in [4.78, 5) is 2.56. The molecular weight excluding hydrogens is 196 g/mol. The zero-order valence-corrected chi connectivity index (χ0v) is 9.73. The largest absolute Gasteiger partial charge is 0.310 e. The molecule has 2 nitrogen and oxygen atoms in total. The van der Waals surface area contributed by atoms with E-state index in [1.807, 2.05) is 0 Å². The van der Waals surface area contributed by atoms with Crippen molar-refractivity contribution < 1.29 is 0 Å². The van der Waals surface area contributed by atoms with E-state index in [-0.39, 0.29) is 0 Å². The quantitative estimate of drug-likeness (QED) is 0.828. The van der Waals surface area contributed by atoms with Crippen molar-refractivity contribution in [2.75, 3.05) is 13.1 Å². The number of hydrogen-bond acceptors (Lipinski definition) is 2. The molecule has 1 aliphatic carbocycles. The van der Waals surface area contributed by atoms with Gasteiger partial charge in [-0.3, -0.25) is 4.90 Å². The van der Waals surface area contributed by atoms with Crippen molar-refractivity contribution in [2.24, 2.45) is 0 Å². The first-order valence-corrected chi connectivity index (χ1v) is 6.42. The normalized spacial score (nSPS) is 26.1. The summed E-state index contributed by atoms with van der Waals surface area (Å²) < 4.78 is 0. The molecule has 1 aromatic carbocycles. The maximum Gasteiger partial charge on any atom is 0.0234 e. The van der Waals surface area contributed by atoms with Crippen molar-refractivity contribution in [3.05, 3.63) is 35.9 Å². The number of nitrogens with zero attached hydrogens (tertiary/aromatic N) is 1. The summed E-state index contributed by atoms with van der Waals surface area (Å²) in [6.45, 7) is 3.59. The molecule has 0 radical (unpaired) electrons. The molecule has 1 saturated heterocycles. The molecule has 0 bridgehead atoms. The second kappa shape index (κ2) is 4.56. The van der Waals surface area contributed by atoms with E-state index < -0.39 is 0 Å². The fourth-order valence-electron chi connectivity index (χ4n) is 2.54. The van der Waals surface area contributed by atoms with Crippen molar-refractivity contribution >= 4 is 0 Å². The van der Waals surface area contributed by atoms with Gasteiger partial charge in [-0.1, -0.05) is 30.3 Å². The number of rotatable bonds is 4. The molecule has 1 heterocycles. The van der Waals surface area contributed by atoms with Crippen LogP contribution in [0.4, 0.5) is 0 Å². The number of likely N-dealkylation sites (tertiary alicyclic amines) is 1. The maximum absolute atomic E-state index is 3.73. The second-order valence-corrected chi connectivity index (χ2v) is 5.15. The molecule has 2 fully saturated rings. The molecule has 0 amide bonds. The zero-order valence-electron chi connectivity index (χ0n) is 9.73. The molecule has 16 heavy (non-hydrogen) atoms. The lowest BCUT2D eigenvalue weighted by Crippen LogP contribution is -2.33. The minimum Gasteiger partial charge on any atom is -0.310 e. The Bertz CT molecular complexity index is 332. The SMILES string of the molecule is c1ccc(CN2CC[C@H](NC3CC3)C2)cc1. The van der Waals surface area contributed by atoms with Gasteiger partial charge in [-0.2, -0.15) is 0 Å². The van der Waals surface area contributed by atoms with Crippen LogP contribution in [0.25, 0.3) is 0 Å². The third-order valence-corrected chi connectivity index (χ3v) is 3.57. The average Bonchev–Trinajstić information content (AvgIpc) is 3.01. The van der Waals surface area contributed by atoms with E-state index in [9.17, 15) is 0 Å². The van der Waals surface area contributed by atoms with Crippen LogP contribution in [0.3, 0.4) is 0 Å². The summed E-state index contributed by atoms with van der Waals surface area (Å²) in [6.07, 6.45) is 4.12. The highest BCUT2D eigenvalue weighted by Crippen LogP contribution is 2.22. The highest BCUT2D eigenvalue weighted by Gasteiger charge is 2.28. The minimum absolute atomic E-state index is 0.746. The topological polar surface area (TPSA) is 15.3 Å². The van der Waals surface area contributed by atoms with Gasteiger partial charge in [0.25, 0.3) is 0 Å². The Hall–Kier alpha value is -0.860. The highest BCUT2D eigenvalue weighted by molar-refractivity contribution is 5.14. The van der Waals surface area contributed by atoms with Crippen LogP contribution in [0.1, 0.15) is 24.8 Å². The fraction of sp³-hybridized carbons (Fsp3) is 0.571. The zero-order chi connectivity index (χ0) is 10.8. The first kappa shape index (κ1) is 10.3. The molecule has 1 aliphatic heterocycles.